The van der Waals surface area contributed by atoms with Crippen LogP contribution in [0.1, 0.15) is 52.4 Å². The van der Waals surface area contributed by atoms with Crippen LogP contribution < -0.4 is 20.3 Å². The lowest BCUT2D eigenvalue weighted by atomic mass is 9.96. The number of pyridine rings is 1. The molecule has 1 aromatic heterocycles. The Bertz CT molecular complexity index is 797. The van der Waals surface area contributed by atoms with Gasteiger partial charge in [0.25, 0.3) is 0 Å². The molecule has 1 saturated heterocycles. The number of aromatic nitrogens is 1. The summed E-state index contributed by atoms with van der Waals surface area (Å²) >= 11 is 0. The van der Waals surface area contributed by atoms with Crippen LogP contribution in [0.5, 0.6) is 5.88 Å². The molecule has 0 aromatic carbocycles. The van der Waals surface area contributed by atoms with Crippen molar-refractivity contribution in [1.82, 2.24) is 10.3 Å². The van der Waals surface area contributed by atoms with Gasteiger partial charge in [-0.3, -0.25) is 4.79 Å². The smallest absolute Gasteiger partial charge is 0.319 e. The van der Waals surface area contributed by atoms with Gasteiger partial charge in [-0.05, 0) is 49.1 Å². The fourth-order valence-electron chi connectivity index (χ4n) is 4.87. The van der Waals surface area contributed by atoms with Gasteiger partial charge in [0.1, 0.15) is 11.5 Å². The highest BCUT2D eigenvalue weighted by molar-refractivity contribution is 5.91. The number of ether oxygens (including phenoxy) is 1. The monoisotopic (exact) mass is 430 g/mol. The fourth-order valence-corrected chi connectivity index (χ4v) is 4.87. The van der Waals surface area contributed by atoms with E-state index in [-0.39, 0.29) is 29.8 Å². The molecule has 8 heteroatoms. The highest BCUT2D eigenvalue weighted by Crippen LogP contribution is 2.52. The van der Waals surface area contributed by atoms with Crippen LogP contribution in [-0.4, -0.2) is 47.8 Å². The number of amides is 2. The summed E-state index contributed by atoms with van der Waals surface area (Å²) in [4.78, 5) is 30.6. The first kappa shape index (κ1) is 21.7. The lowest BCUT2D eigenvalue weighted by molar-refractivity contribution is -0.139. The number of hydrogen-bond donors (Lipinski definition) is 3. The third kappa shape index (κ3) is 5.22. The Kier molecular flexibility index (Phi) is 6.53. The maximum atomic E-state index is 12.5. The molecular weight excluding hydrogens is 396 g/mol. The molecule has 3 atom stereocenters. The summed E-state index contributed by atoms with van der Waals surface area (Å²) in [6.07, 6.45) is 6.50. The normalized spacial score (nSPS) is 25.3. The second-order valence-corrected chi connectivity index (χ2v) is 9.58. The average Bonchev–Trinajstić information content (AvgIpc) is 3.24. The van der Waals surface area contributed by atoms with E-state index in [2.05, 4.69) is 29.4 Å². The van der Waals surface area contributed by atoms with E-state index in [4.69, 9.17) is 9.72 Å². The number of rotatable bonds is 8. The predicted molar refractivity (Wildman–Crippen MR) is 119 cm³/mol. The summed E-state index contributed by atoms with van der Waals surface area (Å²) in [5.41, 5.74) is 0.564. The molecule has 2 heterocycles. The number of nitrogens with zero attached hydrogens (tertiary/aromatic N) is 2. The van der Waals surface area contributed by atoms with Gasteiger partial charge in [0.15, 0.2) is 0 Å². The molecule has 2 aliphatic carbocycles. The number of nitrogens with one attached hydrogen (secondary N) is 2. The number of carbonyl (C=O) groups is 2. The van der Waals surface area contributed by atoms with Gasteiger partial charge >= 0.3 is 12.0 Å². The van der Waals surface area contributed by atoms with Crippen molar-refractivity contribution in [2.45, 2.75) is 58.4 Å². The van der Waals surface area contributed by atoms with Gasteiger partial charge in [0, 0.05) is 19.1 Å². The lowest BCUT2D eigenvalue weighted by Crippen LogP contribution is -2.39. The largest absolute Gasteiger partial charge is 0.481 e. The first-order valence-electron chi connectivity index (χ1n) is 11.6. The Morgan fingerprint density at radius 2 is 1.90 bits per heavy atom. The molecule has 0 spiro atoms. The molecule has 2 saturated carbocycles. The molecule has 1 unspecified atom stereocenters. The van der Waals surface area contributed by atoms with Crippen LogP contribution in [0.2, 0.25) is 0 Å². The molecule has 170 valence electrons. The number of hydrogen-bond acceptors (Lipinski definition) is 5. The highest BCUT2D eigenvalue weighted by Gasteiger charge is 2.60. The summed E-state index contributed by atoms with van der Waals surface area (Å²) in [6, 6.07) is 3.73. The van der Waals surface area contributed by atoms with E-state index in [1.807, 2.05) is 12.1 Å². The van der Waals surface area contributed by atoms with Crippen LogP contribution >= 0.6 is 0 Å². The van der Waals surface area contributed by atoms with E-state index in [9.17, 15) is 14.7 Å². The number of piperidine rings is 1. The Morgan fingerprint density at radius 1 is 1.19 bits per heavy atom. The van der Waals surface area contributed by atoms with Gasteiger partial charge < -0.3 is 25.4 Å². The van der Waals surface area contributed by atoms with Crippen molar-refractivity contribution >= 4 is 23.5 Å². The SMILES string of the molecule is CC(C)CCOc1nc(N2C[C@@H]3C(C(=O)O)[C@@H]3C2)ccc1NC(=O)NC1CCCCC1. The molecule has 3 fully saturated rings. The van der Waals surface area contributed by atoms with Crippen molar-refractivity contribution in [2.24, 2.45) is 23.7 Å². The standard InChI is InChI=1S/C23H34N4O4/c1-14(2)10-11-31-21-18(25-23(30)24-15-6-4-3-5-7-15)8-9-19(26-21)27-12-16-17(13-27)20(16)22(28)29/h8-9,14-17,20H,3-7,10-13H2,1-2H3,(H,28,29)(H2,24,25,30)/t16-,17+,20?. The zero-order valence-corrected chi connectivity index (χ0v) is 18.5. The molecule has 31 heavy (non-hydrogen) atoms. The second kappa shape index (κ2) is 9.32. The molecule has 1 aromatic rings. The van der Waals surface area contributed by atoms with Crippen LogP contribution in [-0.2, 0) is 4.79 Å². The number of anilines is 2. The van der Waals surface area contributed by atoms with E-state index in [0.29, 0.717) is 37.2 Å². The maximum absolute atomic E-state index is 12.5. The van der Waals surface area contributed by atoms with Gasteiger partial charge in [-0.1, -0.05) is 33.1 Å². The topological polar surface area (TPSA) is 104 Å². The molecule has 3 N–H and O–H groups in total. The van der Waals surface area contributed by atoms with Crippen molar-refractivity contribution in [1.29, 1.82) is 0 Å². The molecule has 8 nitrogen and oxygen atoms in total. The Labute approximate surface area is 183 Å². The molecular formula is C23H34N4O4. The number of fused-ring (bicyclic) bond motifs is 1. The molecule has 1 aliphatic heterocycles. The van der Waals surface area contributed by atoms with Crippen molar-refractivity contribution in [3.8, 4) is 5.88 Å². The minimum atomic E-state index is -0.691. The molecule has 0 bridgehead atoms. The Morgan fingerprint density at radius 3 is 2.55 bits per heavy atom. The summed E-state index contributed by atoms with van der Waals surface area (Å²) in [6.45, 7) is 6.21. The number of urea groups is 1. The second-order valence-electron chi connectivity index (χ2n) is 9.58. The molecule has 0 radical (unpaired) electrons. The van der Waals surface area contributed by atoms with Crippen molar-refractivity contribution < 1.29 is 19.4 Å². The summed E-state index contributed by atoms with van der Waals surface area (Å²) in [7, 11) is 0. The zero-order chi connectivity index (χ0) is 22.0. The van der Waals surface area contributed by atoms with E-state index in [1.165, 1.54) is 6.42 Å². The maximum Gasteiger partial charge on any atom is 0.319 e. The third-order valence-corrected chi connectivity index (χ3v) is 6.77. The van der Waals surface area contributed by atoms with Crippen LogP contribution in [0, 0.1) is 23.7 Å². The summed E-state index contributed by atoms with van der Waals surface area (Å²) in [5.74, 6) is 1.23. The van der Waals surface area contributed by atoms with Gasteiger partial charge in [-0.2, -0.15) is 4.98 Å². The minimum Gasteiger partial charge on any atom is -0.481 e. The van der Waals surface area contributed by atoms with Crippen LogP contribution in [0.4, 0.5) is 16.3 Å². The summed E-state index contributed by atoms with van der Waals surface area (Å²) < 4.78 is 5.96. The van der Waals surface area contributed by atoms with Gasteiger partial charge in [-0.25, -0.2) is 4.79 Å². The molecule has 3 aliphatic rings. The van der Waals surface area contributed by atoms with Gasteiger partial charge in [0.2, 0.25) is 5.88 Å². The highest BCUT2D eigenvalue weighted by atomic mass is 16.5. The lowest BCUT2D eigenvalue weighted by Gasteiger charge is -2.24. The van der Waals surface area contributed by atoms with E-state index >= 15 is 0 Å². The van der Waals surface area contributed by atoms with Crippen LogP contribution in [0.15, 0.2) is 12.1 Å². The summed E-state index contributed by atoms with van der Waals surface area (Å²) in [5, 5.41) is 15.2. The number of carbonyl (C=O) groups excluding carboxylic acids is 1. The Hall–Kier alpha value is -2.51. The minimum absolute atomic E-state index is 0.206. The fraction of sp³-hybridized carbons (Fsp3) is 0.696. The number of carboxylic acid groups (broad SMARTS) is 1. The molecule has 4 rings (SSSR count). The third-order valence-electron chi connectivity index (χ3n) is 6.77. The van der Waals surface area contributed by atoms with Crippen molar-refractivity contribution in [2.75, 3.05) is 29.9 Å². The Balaban J connectivity index is 1.41. The quantitative estimate of drug-likeness (QED) is 0.581. The molecule has 2 amide bonds. The van der Waals surface area contributed by atoms with E-state index in [1.54, 1.807) is 0 Å². The number of aliphatic carboxylic acids is 1. The first-order chi connectivity index (χ1) is 14.9. The van der Waals surface area contributed by atoms with Crippen LogP contribution in [0.25, 0.3) is 0 Å². The van der Waals surface area contributed by atoms with Gasteiger partial charge in [-0.15, -0.1) is 0 Å². The van der Waals surface area contributed by atoms with Crippen molar-refractivity contribution in [3.05, 3.63) is 12.1 Å². The van der Waals surface area contributed by atoms with Gasteiger partial charge in [0.05, 0.1) is 12.5 Å². The van der Waals surface area contributed by atoms with E-state index in [0.717, 1.165) is 37.9 Å². The van der Waals surface area contributed by atoms with E-state index < -0.39 is 5.97 Å². The zero-order valence-electron chi connectivity index (χ0n) is 18.5. The average molecular weight is 431 g/mol. The van der Waals surface area contributed by atoms with Crippen molar-refractivity contribution in [3.63, 3.8) is 0 Å². The first-order valence-corrected chi connectivity index (χ1v) is 11.6. The van der Waals surface area contributed by atoms with Crippen LogP contribution in [0.3, 0.4) is 0 Å². The predicted octanol–water partition coefficient (Wildman–Crippen LogP) is 3.73. The number of carboxylic acids is 1.